The largest absolute Gasteiger partial charge is 0.469 e. The summed E-state index contributed by atoms with van der Waals surface area (Å²) in [5.41, 5.74) is 0. The molecule has 0 bridgehead atoms. The van der Waals surface area contributed by atoms with Gasteiger partial charge < -0.3 is 9.53 Å². The van der Waals surface area contributed by atoms with Gasteiger partial charge in [-0.05, 0) is 5.92 Å². The Bertz CT molecular complexity index is 164. The van der Waals surface area contributed by atoms with Gasteiger partial charge in [0.15, 0.2) is 0 Å². The Morgan fingerprint density at radius 3 is 2.50 bits per heavy atom. The molecule has 3 heteroatoms. The first kappa shape index (κ1) is 7.25. The van der Waals surface area contributed by atoms with Gasteiger partial charge in [-0.2, -0.15) is 0 Å². The van der Waals surface area contributed by atoms with E-state index in [1.807, 2.05) is 6.92 Å². The predicted octanol–water partition coefficient (Wildman–Crippen LogP) is 0.240. The zero-order valence-corrected chi connectivity index (χ0v) is 6.03. The molecular formula is C7H10O3. The first-order valence-electron chi connectivity index (χ1n) is 3.25. The molecule has 0 saturated heterocycles. The molecule has 0 amide bonds. The molecule has 3 atom stereocenters. The van der Waals surface area contributed by atoms with Crippen molar-refractivity contribution in [3.05, 3.63) is 0 Å². The van der Waals surface area contributed by atoms with E-state index in [0.29, 0.717) is 0 Å². The molecule has 0 aliphatic heterocycles. The molecule has 0 heterocycles. The van der Waals surface area contributed by atoms with E-state index in [0.717, 1.165) is 6.29 Å². The summed E-state index contributed by atoms with van der Waals surface area (Å²) in [6.07, 6.45) is 0.826. The molecule has 10 heavy (non-hydrogen) atoms. The average molecular weight is 142 g/mol. The number of rotatable bonds is 2. The molecule has 3 nitrogen and oxygen atoms in total. The van der Waals surface area contributed by atoms with Gasteiger partial charge in [0.2, 0.25) is 0 Å². The summed E-state index contributed by atoms with van der Waals surface area (Å²) in [5, 5.41) is 0. The summed E-state index contributed by atoms with van der Waals surface area (Å²) in [6.45, 7) is 1.88. The van der Waals surface area contributed by atoms with Crippen molar-refractivity contribution in [2.75, 3.05) is 7.11 Å². The van der Waals surface area contributed by atoms with Gasteiger partial charge in [-0.3, -0.25) is 4.79 Å². The molecule has 0 spiro atoms. The van der Waals surface area contributed by atoms with Gasteiger partial charge in [0.1, 0.15) is 6.29 Å². The lowest BCUT2D eigenvalue weighted by Gasteiger charge is -1.92. The van der Waals surface area contributed by atoms with E-state index < -0.39 is 0 Å². The predicted molar refractivity (Wildman–Crippen MR) is 34.2 cm³/mol. The van der Waals surface area contributed by atoms with Crippen molar-refractivity contribution >= 4 is 12.3 Å². The Morgan fingerprint density at radius 1 is 1.60 bits per heavy atom. The van der Waals surface area contributed by atoms with Crippen LogP contribution in [0.3, 0.4) is 0 Å². The topological polar surface area (TPSA) is 43.4 Å². The van der Waals surface area contributed by atoms with Crippen LogP contribution in [0, 0.1) is 17.8 Å². The Hall–Kier alpha value is -0.860. The molecule has 1 rings (SSSR count). The van der Waals surface area contributed by atoms with Crippen LogP contribution in [-0.2, 0) is 14.3 Å². The van der Waals surface area contributed by atoms with Gasteiger partial charge in [-0.1, -0.05) is 6.92 Å². The molecule has 1 aliphatic rings. The maximum absolute atomic E-state index is 10.8. The maximum atomic E-state index is 10.8. The van der Waals surface area contributed by atoms with Crippen LogP contribution in [0.2, 0.25) is 0 Å². The van der Waals surface area contributed by atoms with Crippen LogP contribution in [0.4, 0.5) is 0 Å². The van der Waals surface area contributed by atoms with E-state index in [1.54, 1.807) is 0 Å². The lowest BCUT2D eigenvalue weighted by atomic mass is 10.3. The fraction of sp³-hybridized carbons (Fsp3) is 0.714. The summed E-state index contributed by atoms with van der Waals surface area (Å²) in [5.74, 6) is -0.329. The van der Waals surface area contributed by atoms with Crippen LogP contribution in [0.15, 0.2) is 0 Å². The molecule has 0 aromatic carbocycles. The minimum Gasteiger partial charge on any atom is -0.469 e. The molecule has 0 aromatic rings. The van der Waals surface area contributed by atoms with E-state index >= 15 is 0 Å². The zero-order chi connectivity index (χ0) is 7.72. The van der Waals surface area contributed by atoms with Crippen molar-refractivity contribution in [3.8, 4) is 0 Å². The second kappa shape index (κ2) is 2.40. The highest BCUT2D eigenvalue weighted by Crippen LogP contribution is 2.44. The highest BCUT2D eigenvalue weighted by atomic mass is 16.5. The van der Waals surface area contributed by atoms with E-state index in [-0.39, 0.29) is 23.7 Å². The minimum atomic E-state index is -0.260. The quantitative estimate of drug-likeness (QED) is 0.409. The van der Waals surface area contributed by atoms with Crippen LogP contribution in [-0.4, -0.2) is 19.4 Å². The Kier molecular flexibility index (Phi) is 1.74. The summed E-state index contributed by atoms with van der Waals surface area (Å²) >= 11 is 0. The van der Waals surface area contributed by atoms with Gasteiger partial charge >= 0.3 is 5.97 Å². The van der Waals surface area contributed by atoms with E-state index in [4.69, 9.17) is 0 Å². The molecule has 56 valence electrons. The summed E-state index contributed by atoms with van der Waals surface area (Å²) < 4.78 is 4.48. The summed E-state index contributed by atoms with van der Waals surface area (Å²) in [7, 11) is 1.34. The molecule has 1 fully saturated rings. The number of carbonyl (C=O) groups excluding carboxylic acids is 2. The SMILES string of the molecule is COC(=O)[C@H]1[C@H](C)[C@@H]1C=O. The van der Waals surface area contributed by atoms with Gasteiger partial charge in [0.05, 0.1) is 13.0 Å². The molecule has 1 aliphatic carbocycles. The van der Waals surface area contributed by atoms with Crippen molar-refractivity contribution in [1.82, 2.24) is 0 Å². The van der Waals surface area contributed by atoms with Crippen LogP contribution < -0.4 is 0 Å². The first-order valence-corrected chi connectivity index (χ1v) is 3.25. The second-order valence-electron chi connectivity index (χ2n) is 2.62. The number of hydrogen-bond donors (Lipinski definition) is 0. The lowest BCUT2D eigenvalue weighted by molar-refractivity contribution is -0.143. The fourth-order valence-electron chi connectivity index (χ4n) is 1.21. The number of esters is 1. The van der Waals surface area contributed by atoms with E-state index in [9.17, 15) is 9.59 Å². The Labute approximate surface area is 59.4 Å². The molecule has 1 saturated carbocycles. The molecule has 0 unspecified atom stereocenters. The monoisotopic (exact) mass is 142 g/mol. The number of methoxy groups -OCH3 is 1. The van der Waals surface area contributed by atoms with Crippen molar-refractivity contribution < 1.29 is 14.3 Å². The molecule has 0 aromatic heterocycles. The van der Waals surface area contributed by atoms with Crippen LogP contribution in [0.5, 0.6) is 0 Å². The van der Waals surface area contributed by atoms with Crippen LogP contribution in [0.1, 0.15) is 6.92 Å². The smallest absolute Gasteiger partial charge is 0.309 e. The third-order valence-electron chi connectivity index (χ3n) is 2.08. The molecular weight excluding hydrogens is 132 g/mol. The zero-order valence-electron chi connectivity index (χ0n) is 6.03. The maximum Gasteiger partial charge on any atom is 0.309 e. The number of hydrogen-bond acceptors (Lipinski definition) is 3. The highest BCUT2D eigenvalue weighted by molar-refractivity contribution is 5.82. The minimum absolute atomic E-state index is 0.0903. The highest BCUT2D eigenvalue weighted by Gasteiger charge is 2.52. The first-order chi connectivity index (χ1) is 4.72. The summed E-state index contributed by atoms with van der Waals surface area (Å²) in [4.78, 5) is 21.0. The van der Waals surface area contributed by atoms with Crippen LogP contribution >= 0.6 is 0 Å². The van der Waals surface area contributed by atoms with Crippen molar-refractivity contribution in [3.63, 3.8) is 0 Å². The number of ether oxygens (including phenoxy) is 1. The standard InChI is InChI=1S/C7H10O3/c1-4-5(3-8)6(4)7(9)10-2/h3-6H,1-2H3/t4-,5+,6+/m1/s1. The van der Waals surface area contributed by atoms with Crippen molar-refractivity contribution in [1.29, 1.82) is 0 Å². The molecule has 0 radical (unpaired) electrons. The normalized spacial score (nSPS) is 36.8. The van der Waals surface area contributed by atoms with E-state index in [1.165, 1.54) is 7.11 Å². The fourth-order valence-corrected chi connectivity index (χ4v) is 1.21. The average Bonchev–Trinajstić information content (AvgIpc) is 2.59. The lowest BCUT2D eigenvalue weighted by Crippen LogP contribution is -2.05. The third kappa shape index (κ3) is 0.916. The van der Waals surface area contributed by atoms with Crippen molar-refractivity contribution in [2.45, 2.75) is 6.92 Å². The van der Waals surface area contributed by atoms with E-state index in [2.05, 4.69) is 4.74 Å². The van der Waals surface area contributed by atoms with Gasteiger partial charge in [0, 0.05) is 5.92 Å². The Morgan fingerprint density at radius 2 is 2.20 bits per heavy atom. The van der Waals surface area contributed by atoms with Crippen LogP contribution in [0.25, 0.3) is 0 Å². The van der Waals surface area contributed by atoms with Gasteiger partial charge in [-0.15, -0.1) is 0 Å². The van der Waals surface area contributed by atoms with Gasteiger partial charge in [0.25, 0.3) is 0 Å². The van der Waals surface area contributed by atoms with Gasteiger partial charge in [-0.25, -0.2) is 0 Å². The number of carbonyl (C=O) groups is 2. The Balaban J connectivity index is 2.47. The molecule has 0 N–H and O–H groups in total. The van der Waals surface area contributed by atoms with Crippen molar-refractivity contribution in [2.24, 2.45) is 17.8 Å². The second-order valence-corrected chi connectivity index (χ2v) is 2.62. The summed E-state index contributed by atoms with van der Waals surface area (Å²) in [6, 6.07) is 0. The number of aldehydes is 1. The third-order valence-corrected chi connectivity index (χ3v) is 2.08.